The third-order valence-electron chi connectivity index (χ3n) is 1.96. The Morgan fingerprint density at radius 1 is 1.25 bits per heavy atom. The number of rotatable bonds is 1. The predicted octanol–water partition coefficient (Wildman–Crippen LogP) is 1.47. The molecule has 16 heavy (non-hydrogen) atoms. The lowest BCUT2D eigenvalue weighted by Gasteiger charge is -2.10. The van der Waals surface area contributed by atoms with E-state index in [2.05, 4.69) is 20.6 Å². The number of hydrogen-bond acceptors (Lipinski definition) is 4. The van der Waals surface area contributed by atoms with Gasteiger partial charge in [0, 0.05) is 11.3 Å². The number of alkyl halides is 3. The van der Waals surface area contributed by atoms with Gasteiger partial charge in [-0.3, -0.25) is 0 Å². The van der Waals surface area contributed by atoms with Gasteiger partial charge >= 0.3 is 6.18 Å². The maximum atomic E-state index is 12.5. The lowest BCUT2D eigenvalue weighted by Crippen LogP contribution is -2.09. The third-order valence-corrected chi connectivity index (χ3v) is 1.96. The van der Waals surface area contributed by atoms with Crippen LogP contribution in [0, 0.1) is 0 Å². The molecule has 0 fully saturated rings. The molecule has 3 N–H and O–H groups in total. The second-order valence-corrected chi connectivity index (χ2v) is 3.04. The fraction of sp³-hybridized carbons (Fsp3) is 0.125. The Morgan fingerprint density at radius 3 is 2.56 bits per heavy atom. The predicted molar refractivity (Wildman–Crippen MR) is 49.0 cm³/mol. The van der Waals surface area contributed by atoms with Crippen molar-refractivity contribution in [3.63, 3.8) is 0 Å². The molecule has 84 valence electrons. The molecular weight excluding hydrogens is 223 g/mol. The largest absolute Gasteiger partial charge is 0.418 e. The lowest BCUT2D eigenvalue weighted by molar-refractivity contribution is -0.136. The van der Waals surface area contributed by atoms with Gasteiger partial charge in [0.1, 0.15) is 0 Å². The number of nitrogens with two attached hydrogens (primary N) is 1. The Kier molecular flexibility index (Phi) is 2.26. The van der Waals surface area contributed by atoms with E-state index in [0.717, 1.165) is 12.1 Å². The van der Waals surface area contributed by atoms with Gasteiger partial charge in [-0.2, -0.15) is 18.4 Å². The topological polar surface area (TPSA) is 80.5 Å². The van der Waals surface area contributed by atoms with E-state index >= 15 is 0 Å². The van der Waals surface area contributed by atoms with Crippen LogP contribution >= 0.6 is 0 Å². The minimum absolute atomic E-state index is 0.0884. The van der Waals surface area contributed by atoms with Crippen molar-refractivity contribution < 1.29 is 13.2 Å². The summed E-state index contributed by atoms with van der Waals surface area (Å²) in [5, 5.41) is 12.6. The number of nitrogens with zero attached hydrogens (tertiary/aromatic N) is 3. The van der Waals surface area contributed by atoms with Crippen LogP contribution in [-0.4, -0.2) is 20.6 Å². The van der Waals surface area contributed by atoms with Crippen LogP contribution in [0.4, 0.5) is 18.9 Å². The second-order valence-electron chi connectivity index (χ2n) is 3.04. The average Bonchev–Trinajstić information content (AvgIpc) is 2.69. The highest BCUT2D eigenvalue weighted by molar-refractivity contribution is 5.62. The number of nitrogens with one attached hydrogen (secondary N) is 1. The maximum Gasteiger partial charge on any atom is 0.418 e. The summed E-state index contributed by atoms with van der Waals surface area (Å²) >= 11 is 0. The Labute approximate surface area is 87.5 Å². The van der Waals surface area contributed by atoms with E-state index in [1.54, 1.807) is 0 Å². The standard InChI is InChI=1S/C8H6F3N5/c9-8(10,11)5-3-4(1-2-6(5)12)7-13-15-16-14-7/h1-3H,12H2,(H,13,14,15,16). The van der Waals surface area contributed by atoms with Crippen molar-refractivity contribution in [2.45, 2.75) is 6.18 Å². The first-order valence-corrected chi connectivity index (χ1v) is 4.19. The fourth-order valence-corrected chi connectivity index (χ4v) is 1.22. The van der Waals surface area contributed by atoms with Crippen LogP contribution < -0.4 is 5.73 Å². The molecule has 0 aliphatic heterocycles. The molecule has 1 aromatic heterocycles. The summed E-state index contributed by atoms with van der Waals surface area (Å²) in [5.74, 6) is 0.0884. The smallest absolute Gasteiger partial charge is 0.398 e. The van der Waals surface area contributed by atoms with E-state index in [1.807, 2.05) is 0 Å². The second kappa shape index (κ2) is 3.47. The highest BCUT2D eigenvalue weighted by Gasteiger charge is 2.33. The molecule has 0 amide bonds. The van der Waals surface area contributed by atoms with Gasteiger partial charge in [-0.1, -0.05) is 0 Å². The molecule has 0 saturated carbocycles. The normalized spacial score (nSPS) is 11.7. The van der Waals surface area contributed by atoms with Gasteiger partial charge in [0.05, 0.1) is 5.56 Å². The van der Waals surface area contributed by atoms with Gasteiger partial charge in [0.2, 0.25) is 5.82 Å². The van der Waals surface area contributed by atoms with Crippen LogP contribution in [0.15, 0.2) is 18.2 Å². The molecule has 8 heteroatoms. The van der Waals surface area contributed by atoms with E-state index in [-0.39, 0.29) is 17.1 Å². The highest BCUT2D eigenvalue weighted by Crippen LogP contribution is 2.35. The first-order chi connectivity index (χ1) is 7.48. The van der Waals surface area contributed by atoms with E-state index in [4.69, 9.17) is 5.73 Å². The fourth-order valence-electron chi connectivity index (χ4n) is 1.22. The van der Waals surface area contributed by atoms with Crippen LogP contribution in [0.25, 0.3) is 11.4 Å². The van der Waals surface area contributed by atoms with Crippen LogP contribution in [0.5, 0.6) is 0 Å². The van der Waals surface area contributed by atoms with Gasteiger partial charge < -0.3 is 5.73 Å². The molecule has 0 aliphatic rings. The molecule has 0 bridgehead atoms. The first-order valence-electron chi connectivity index (χ1n) is 4.19. The van der Waals surface area contributed by atoms with E-state index in [1.165, 1.54) is 6.07 Å². The first kappa shape index (κ1) is 10.4. The Bertz CT molecular complexity index is 491. The van der Waals surface area contributed by atoms with E-state index in [9.17, 15) is 13.2 Å². The van der Waals surface area contributed by atoms with Crippen molar-refractivity contribution in [1.82, 2.24) is 20.6 Å². The van der Waals surface area contributed by atoms with Crippen LogP contribution in [0.3, 0.4) is 0 Å². The summed E-state index contributed by atoms with van der Waals surface area (Å²) in [6.45, 7) is 0. The number of anilines is 1. The molecule has 5 nitrogen and oxygen atoms in total. The molecular formula is C8H6F3N5. The monoisotopic (exact) mass is 229 g/mol. The number of aromatic nitrogens is 4. The van der Waals surface area contributed by atoms with Gasteiger partial charge in [-0.25, -0.2) is 0 Å². The Balaban J connectivity index is 2.52. The number of aromatic amines is 1. The SMILES string of the molecule is Nc1ccc(-c2nn[nH]n2)cc1C(F)(F)F. The van der Waals surface area contributed by atoms with Gasteiger partial charge in [0.15, 0.2) is 0 Å². The zero-order valence-electron chi connectivity index (χ0n) is 7.78. The number of tetrazole rings is 1. The van der Waals surface area contributed by atoms with Crippen molar-refractivity contribution in [3.8, 4) is 11.4 Å². The number of hydrogen-bond donors (Lipinski definition) is 2. The van der Waals surface area contributed by atoms with Crippen molar-refractivity contribution in [3.05, 3.63) is 23.8 Å². The number of H-pyrrole nitrogens is 1. The van der Waals surface area contributed by atoms with Crippen molar-refractivity contribution >= 4 is 5.69 Å². The number of nitrogen functional groups attached to an aromatic ring is 1. The molecule has 0 atom stereocenters. The zero-order valence-corrected chi connectivity index (χ0v) is 7.78. The molecule has 0 aliphatic carbocycles. The van der Waals surface area contributed by atoms with Gasteiger partial charge in [-0.15, -0.1) is 10.2 Å². The summed E-state index contributed by atoms with van der Waals surface area (Å²) in [5.41, 5.74) is 4.21. The minimum atomic E-state index is -4.50. The molecule has 1 aromatic carbocycles. The van der Waals surface area contributed by atoms with Crippen molar-refractivity contribution in [1.29, 1.82) is 0 Å². The van der Waals surface area contributed by atoms with Gasteiger partial charge in [-0.05, 0) is 23.4 Å². The van der Waals surface area contributed by atoms with Crippen LogP contribution in [0.2, 0.25) is 0 Å². The van der Waals surface area contributed by atoms with Crippen molar-refractivity contribution in [2.24, 2.45) is 0 Å². The summed E-state index contributed by atoms with van der Waals surface area (Å²) in [6.07, 6.45) is -4.50. The molecule has 0 radical (unpaired) electrons. The molecule has 2 aromatic rings. The molecule has 0 spiro atoms. The minimum Gasteiger partial charge on any atom is -0.398 e. The Hall–Kier alpha value is -2.12. The highest BCUT2D eigenvalue weighted by atomic mass is 19.4. The molecule has 2 rings (SSSR count). The maximum absolute atomic E-state index is 12.5. The summed E-state index contributed by atoms with van der Waals surface area (Å²) < 4.78 is 37.6. The third kappa shape index (κ3) is 1.81. The molecule has 0 saturated heterocycles. The molecule has 1 heterocycles. The summed E-state index contributed by atoms with van der Waals surface area (Å²) in [4.78, 5) is 0. The van der Waals surface area contributed by atoms with E-state index < -0.39 is 11.7 Å². The molecule has 0 unspecified atom stereocenters. The zero-order chi connectivity index (χ0) is 11.8. The van der Waals surface area contributed by atoms with Gasteiger partial charge in [0.25, 0.3) is 0 Å². The number of benzene rings is 1. The summed E-state index contributed by atoms with van der Waals surface area (Å²) in [7, 11) is 0. The lowest BCUT2D eigenvalue weighted by atomic mass is 10.1. The van der Waals surface area contributed by atoms with Crippen LogP contribution in [0.1, 0.15) is 5.56 Å². The average molecular weight is 229 g/mol. The number of halogens is 3. The van der Waals surface area contributed by atoms with Crippen molar-refractivity contribution in [2.75, 3.05) is 5.73 Å². The van der Waals surface area contributed by atoms with Crippen LogP contribution in [-0.2, 0) is 6.18 Å². The summed E-state index contributed by atoms with van der Waals surface area (Å²) in [6, 6.07) is 3.45. The Morgan fingerprint density at radius 2 is 2.00 bits per heavy atom. The quantitative estimate of drug-likeness (QED) is 0.725. The van der Waals surface area contributed by atoms with E-state index in [0.29, 0.717) is 0 Å².